The van der Waals surface area contributed by atoms with E-state index in [4.69, 9.17) is 9.73 Å². The van der Waals surface area contributed by atoms with Crippen LogP contribution in [0.1, 0.15) is 45.7 Å². The Hall–Kier alpha value is -1.63. The molecule has 1 aromatic carbocycles. The van der Waals surface area contributed by atoms with Crippen LogP contribution < -0.4 is 16.0 Å². The summed E-state index contributed by atoms with van der Waals surface area (Å²) >= 11 is 0. The lowest BCUT2D eigenvalue weighted by atomic mass is 10.0. The summed E-state index contributed by atoms with van der Waals surface area (Å²) in [6, 6.07) is 10.8. The molecule has 158 valence electrons. The fourth-order valence-corrected chi connectivity index (χ4v) is 3.41. The van der Waals surface area contributed by atoms with Gasteiger partial charge in [-0.25, -0.2) is 0 Å². The Bertz CT molecular complexity index is 570. The Morgan fingerprint density at radius 2 is 1.89 bits per heavy atom. The first-order valence-corrected chi connectivity index (χ1v) is 10.6. The molecule has 2 rings (SSSR count). The van der Waals surface area contributed by atoms with Gasteiger partial charge in [0.1, 0.15) is 0 Å². The van der Waals surface area contributed by atoms with E-state index in [-0.39, 0.29) is 11.6 Å². The van der Waals surface area contributed by atoms with Crippen LogP contribution in [0.2, 0.25) is 0 Å². The average Bonchev–Trinajstić information content (AvgIpc) is 2.70. The van der Waals surface area contributed by atoms with Gasteiger partial charge in [-0.2, -0.15) is 0 Å². The quantitative estimate of drug-likeness (QED) is 0.326. The van der Waals surface area contributed by atoms with Crippen LogP contribution in [0.15, 0.2) is 35.3 Å². The molecule has 1 saturated heterocycles. The molecule has 6 nitrogen and oxygen atoms in total. The van der Waals surface area contributed by atoms with Crippen molar-refractivity contribution in [1.82, 2.24) is 20.9 Å². The molecule has 6 heteroatoms. The largest absolute Gasteiger partial charge is 0.379 e. The van der Waals surface area contributed by atoms with E-state index in [1.165, 1.54) is 5.56 Å². The van der Waals surface area contributed by atoms with Crippen LogP contribution >= 0.6 is 0 Å². The highest BCUT2D eigenvalue weighted by molar-refractivity contribution is 5.79. The minimum atomic E-state index is -0.0919. The highest BCUT2D eigenvalue weighted by Crippen LogP contribution is 2.16. The van der Waals surface area contributed by atoms with E-state index < -0.39 is 0 Å². The first-order chi connectivity index (χ1) is 13.5. The monoisotopic (exact) mass is 389 g/mol. The molecule has 28 heavy (non-hydrogen) atoms. The Balaban J connectivity index is 1.77. The Kier molecular flexibility index (Phi) is 9.75. The van der Waals surface area contributed by atoms with Gasteiger partial charge in [-0.15, -0.1) is 0 Å². The number of rotatable bonds is 10. The van der Waals surface area contributed by atoms with Gasteiger partial charge in [-0.3, -0.25) is 9.89 Å². The van der Waals surface area contributed by atoms with Crippen LogP contribution in [0.4, 0.5) is 0 Å². The highest BCUT2D eigenvalue weighted by Gasteiger charge is 2.20. The number of guanidine groups is 1. The number of nitrogens with one attached hydrogen (secondary N) is 3. The molecule has 0 amide bonds. The van der Waals surface area contributed by atoms with Gasteiger partial charge in [0.05, 0.1) is 19.8 Å². The van der Waals surface area contributed by atoms with Crippen LogP contribution in [-0.4, -0.2) is 68.9 Å². The lowest BCUT2D eigenvalue weighted by molar-refractivity contribution is 0.0376. The lowest BCUT2D eigenvalue weighted by Crippen LogP contribution is -2.45. The van der Waals surface area contributed by atoms with E-state index >= 15 is 0 Å². The van der Waals surface area contributed by atoms with E-state index in [0.717, 1.165) is 58.3 Å². The maximum absolute atomic E-state index is 5.40. The second kappa shape index (κ2) is 12.0. The van der Waals surface area contributed by atoms with E-state index in [1.54, 1.807) is 0 Å². The van der Waals surface area contributed by atoms with Crippen LogP contribution in [-0.2, 0) is 4.74 Å². The molecule has 0 saturated carbocycles. The fraction of sp³-hybridized carbons (Fsp3) is 0.682. The predicted octanol–water partition coefficient (Wildman–Crippen LogP) is 2.39. The number of ether oxygens (including phenoxy) is 1. The predicted molar refractivity (Wildman–Crippen MR) is 118 cm³/mol. The summed E-state index contributed by atoms with van der Waals surface area (Å²) in [4.78, 5) is 7.28. The third-order valence-electron chi connectivity index (χ3n) is 4.93. The Labute approximate surface area is 171 Å². The molecule has 0 aromatic heterocycles. The molecule has 1 fully saturated rings. The normalized spacial score (nSPS) is 17.4. The standard InChI is InChI=1S/C22H39N5O/c1-5-23-21(24-12-9-13-27-14-16-28-17-15-27)25-18-22(3,4)26-19(2)20-10-7-6-8-11-20/h6-8,10-11,19,26H,5,9,12-18H2,1-4H3,(H2,23,24,25). The van der Waals surface area contributed by atoms with E-state index in [1.807, 2.05) is 0 Å². The molecule has 0 spiro atoms. The van der Waals surface area contributed by atoms with Gasteiger partial charge in [0.25, 0.3) is 0 Å². The van der Waals surface area contributed by atoms with Crippen molar-refractivity contribution in [2.45, 2.75) is 45.7 Å². The molecular weight excluding hydrogens is 350 g/mol. The minimum Gasteiger partial charge on any atom is -0.379 e. The molecule has 1 aromatic rings. The number of morpholine rings is 1. The van der Waals surface area contributed by atoms with Gasteiger partial charge in [-0.1, -0.05) is 30.3 Å². The Morgan fingerprint density at radius 1 is 1.18 bits per heavy atom. The summed E-state index contributed by atoms with van der Waals surface area (Å²) in [5, 5.41) is 10.5. The van der Waals surface area contributed by atoms with Crippen molar-refractivity contribution in [1.29, 1.82) is 0 Å². The lowest BCUT2D eigenvalue weighted by Gasteiger charge is -2.29. The van der Waals surface area contributed by atoms with E-state index in [9.17, 15) is 0 Å². The zero-order valence-corrected chi connectivity index (χ0v) is 18.1. The fourth-order valence-electron chi connectivity index (χ4n) is 3.41. The highest BCUT2D eigenvalue weighted by atomic mass is 16.5. The minimum absolute atomic E-state index is 0.0919. The van der Waals surface area contributed by atoms with Crippen molar-refractivity contribution >= 4 is 5.96 Å². The summed E-state index contributed by atoms with van der Waals surface area (Å²) in [5.74, 6) is 0.895. The third kappa shape index (κ3) is 8.59. The summed E-state index contributed by atoms with van der Waals surface area (Å²) in [6.07, 6.45) is 1.11. The van der Waals surface area contributed by atoms with Gasteiger partial charge in [0, 0.05) is 37.8 Å². The zero-order valence-electron chi connectivity index (χ0n) is 18.1. The van der Waals surface area contributed by atoms with Crippen molar-refractivity contribution < 1.29 is 4.74 Å². The van der Waals surface area contributed by atoms with Crippen LogP contribution in [0, 0.1) is 0 Å². The van der Waals surface area contributed by atoms with Crippen LogP contribution in [0.25, 0.3) is 0 Å². The summed E-state index contributed by atoms with van der Waals surface area (Å²) in [7, 11) is 0. The second-order valence-corrected chi connectivity index (χ2v) is 8.09. The molecule has 1 aliphatic heterocycles. The molecule has 0 radical (unpaired) electrons. The van der Waals surface area contributed by atoms with Gasteiger partial charge in [0.15, 0.2) is 5.96 Å². The number of aliphatic imine (C=N–C) groups is 1. The maximum Gasteiger partial charge on any atom is 0.191 e. The molecular formula is C22H39N5O. The van der Waals surface area contributed by atoms with E-state index in [2.05, 4.69) is 78.9 Å². The van der Waals surface area contributed by atoms with Gasteiger partial charge < -0.3 is 20.7 Å². The van der Waals surface area contributed by atoms with Gasteiger partial charge in [0.2, 0.25) is 0 Å². The first-order valence-electron chi connectivity index (χ1n) is 10.6. The van der Waals surface area contributed by atoms with Crippen molar-refractivity contribution in [3.8, 4) is 0 Å². The van der Waals surface area contributed by atoms with Gasteiger partial charge >= 0.3 is 0 Å². The molecule has 3 N–H and O–H groups in total. The van der Waals surface area contributed by atoms with Crippen LogP contribution in [0.3, 0.4) is 0 Å². The summed E-state index contributed by atoms with van der Waals surface area (Å²) in [6.45, 7) is 16.2. The number of hydrogen-bond acceptors (Lipinski definition) is 4. The van der Waals surface area contributed by atoms with Crippen molar-refractivity contribution in [2.24, 2.45) is 4.99 Å². The molecule has 1 heterocycles. The molecule has 1 atom stereocenters. The smallest absolute Gasteiger partial charge is 0.191 e. The summed E-state index contributed by atoms with van der Waals surface area (Å²) < 4.78 is 5.40. The first kappa shape index (κ1) is 22.7. The van der Waals surface area contributed by atoms with Crippen molar-refractivity contribution in [2.75, 3.05) is 52.5 Å². The number of benzene rings is 1. The maximum atomic E-state index is 5.40. The SMILES string of the molecule is CCNC(=NCC(C)(C)NC(C)c1ccccc1)NCCCN1CCOCC1. The molecule has 1 unspecified atom stereocenters. The van der Waals surface area contributed by atoms with Crippen molar-refractivity contribution in [3.05, 3.63) is 35.9 Å². The number of hydrogen-bond donors (Lipinski definition) is 3. The molecule has 0 bridgehead atoms. The van der Waals surface area contributed by atoms with Crippen LogP contribution in [0.5, 0.6) is 0 Å². The molecule has 1 aliphatic rings. The molecule has 0 aliphatic carbocycles. The van der Waals surface area contributed by atoms with Crippen molar-refractivity contribution in [3.63, 3.8) is 0 Å². The zero-order chi connectivity index (χ0) is 20.2. The Morgan fingerprint density at radius 3 is 2.57 bits per heavy atom. The third-order valence-corrected chi connectivity index (χ3v) is 4.93. The van der Waals surface area contributed by atoms with E-state index in [0.29, 0.717) is 6.54 Å². The summed E-state index contributed by atoms with van der Waals surface area (Å²) in [5.41, 5.74) is 1.21. The average molecular weight is 390 g/mol. The van der Waals surface area contributed by atoms with Gasteiger partial charge in [-0.05, 0) is 46.2 Å². The topological polar surface area (TPSA) is 60.9 Å². The second-order valence-electron chi connectivity index (χ2n) is 8.09. The number of nitrogens with zero attached hydrogens (tertiary/aromatic N) is 2.